The number of amides is 7. The van der Waals surface area contributed by atoms with E-state index in [1.807, 2.05) is 30.3 Å². The van der Waals surface area contributed by atoms with Crippen LogP contribution in [-0.4, -0.2) is 308 Å². The fraction of sp³-hybridized carbons (Fsp3) is 0.773. The van der Waals surface area contributed by atoms with Gasteiger partial charge in [0.2, 0.25) is 29.5 Å². The number of hydrogen-bond acceptors (Lipinski definition) is 30. The maximum Gasteiger partial charge on any atom is 0.333 e. The van der Waals surface area contributed by atoms with Gasteiger partial charge >= 0.3 is 11.9 Å². The predicted molar refractivity (Wildman–Crippen MR) is 350 cm³/mol. The van der Waals surface area contributed by atoms with Gasteiger partial charge in [0, 0.05) is 51.9 Å². The highest BCUT2D eigenvalue weighted by Crippen LogP contribution is 2.25. The zero-order chi connectivity index (χ0) is 74.5. The van der Waals surface area contributed by atoms with Crippen molar-refractivity contribution in [3.8, 4) is 0 Å². The second-order valence-corrected chi connectivity index (χ2v) is 25.5. The summed E-state index contributed by atoms with van der Waals surface area (Å²) in [6, 6.07) is 6.83. The number of aliphatic hydroxyl groups is 12. The van der Waals surface area contributed by atoms with Gasteiger partial charge < -0.3 is 126 Å². The second-order valence-electron chi connectivity index (χ2n) is 25.5. The zero-order valence-corrected chi connectivity index (χ0v) is 57.4. The number of unbranched alkanes of at least 4 members (excludes halogenated alkanes) is 12. The molecule has 0 unspecified atom stereocenters. The lowest BCUT2D eigenvalue weighted by atomic mass is 9.99. The number of ether oxygens (including phenoxy) is 7. The monoisotopic (exact) mass is 1460 g/mol. The number of hydroxylamine groups is 2. The van der Waals surface area contributed by atoms with E-state index in [-0.39, 0.29) is 96.9 Å². The molecule has 580 valence electrons. The standard InChI is InChI=1S/C66H107N7O29/c74-36-43-53(84)56(87)59(90)64(99-43)95-31-28-67-47(78)34-72(35-48(79)68-29-32-96-65-60(91)57(88)54(85)44(37-75)100-65)42(63(94)70-30-33-97-66-61(92)58(89)55(86)45(38-76)101-66)20-16-17-27-69-62(93)41(23-26-52(83)102-73-49(80)24-25-50(73)81)71-46(77)21-14-9-7-5-3-1-2-4-6-8-10-15-22-51(82)98-39-40-18-12-11-13-19-40/h11-13,18-19,41-45,53-61,64-66,74-76,84-92H,1-10,14-17,20-39H2,(H,67,78)(H,68,79)(H,69,93)(H,70,94)(H,71,77)/t41-,42-,43+,44+,45+,53+,54+,55+,56-,57-,58-,59-,60-,61-,64-,65-,66-/m0/s1. The molecule has 0 spiro atoms. The molecule has 0 aliphatic carbocycles. The van der Waals surface area contributed by atoms with E-state index in [2.05, 4.69) is 26.6 Å². The maximum atomic E-state index is 14.4. The van der Waals surface area contributed by atoms with E-state index in [9.17, 15) is 104 Å². The van der Waals surface area contributed by atoms with Gasteiger partial charge in [-0.1, -0.05) is 94.5 Å². The van der Waals surface area contributed by atoms with E-state index in [1.54, 1.807) is 0 Å². The van der Waals surface area contributed by atoms with Crippen LogP contribution in [0.3, 0.4) is 0 Å². The van der Waals surface area contributed by atoms with Crippen molar-refractivity contribution in [2.45, 2.75) is 246 Å². The average molecular weight is 1460 g/mol. The third kappa shape index (κ3) is 29.8. The number of hydrogen-bond donors (Lipinski definition) is 17. The summed E-state index contributed by atoms with van der Waals surface area (Å²) in [6.07, 6.45) is -13.8. The molecular weight excluding hydrogens is 1350 g/mol. The number of nitrogens with zero attached hydrogens (tertiary/aromatic N) is 2. The molecule has 0 aromatic heterocycles. The summed E-state index contributed by atoms with van der Waals surface area (Å²) >= 11 is 0. The Labute approximate surface area is 590 Å². The molecule has 17 atom stereocenters. The molecule has 36 heteroatoms. The molecule has 0 radical (unpaired) electrons. The Hall–Kier alpha value is -6.11. The highest BCUT2D eigenvalue weighted by molar-refractivity contribution is 6.01. The van der Waals surface area contributed by atoms with Crippen molar-refractivity contribution >= 4 is 53.3 Å². The van der Waals surface area contributed by atoms with Gasteiger partial charge in [-0.2, -0.15) is 0 Å². The van der Waals surface area contributed by atoms with Crippen LogP contribution in [-0.2, 0) is 87.8 Å². The number of imide groups is 1. The normalized spacial score (nSPS) is 26.4. The Morgan fingerprint density at radius 1 is 0.461 bits per heavy atom. The minimum Gasteiger partial charge on any atom is -0.461 e. The Balaban J connectivity index is 1.18. The van der Waals surface area contributed by atoms with E-state index in [0.29, 0.717) is 17.9 Å². The lowest BCUT2D eigenvalue weighted by Gasteiger charge is -2.39. The molecule has 7 amide bonds. The molecule has 17 N–H and O–H groups in total. The van der Waals surface area contributed by atoms with Crippen LogP contribution >= 0.6 is 0 Å². The van der Waals surface area contributed by atoms with Gasteiger partial charge in [-0.05, 0) is 44.1 Å². The highest BCUT2D eigenvalue weighted by Gasteiger charge is 2.47. The van der Waals surface area contributed by atoms with Crippen molar-refractivity contribution in [1.29, 1.82) is 0 Å². The number of aliphatic hydroxyl groups excluding tert-OH is 12. The van der Waals surface area contributed by atoms with Crippen molar-refractivity contribution in [2.24, 2.45) is 0 Å². The molecule has 4 aliphatic heterocycles. The first-order valence-electron chi connectivity index (χ1n) is 35.1. The predicted octanol–water partition coefficient (Wildman–Crippen LogP) is -5.18. The third-order valence-electron chi connectivity index (χ3n) is 17.5. The minimum atomic E-state index is -1.79. The van der Waals surface area contributed by atoms with E-state index < -0.39 is 197 Å². The van der Waals surface area contributed by atoms with Crippen LogP contribution in [0.5, 0.6) is 0 Å². The lowest BCUT2D eigenvalue weighted by molar-refractivity contribution is -0.300. The molecule has 4 saturated heterocycles. The van der Waals surface area contributed by atoms with Crippen molar-refractivity contribution in [3.05, 3.63) is 35.9 Å². The number of rotatable bonds is 49. The summed E-state index contributed by atoms with van der Waals surface area (Å²) in [5.74, 6) is -6.29. The van der Waals surface area contributed by atoms with Crippen LogP contribution in [0, 0.1) is 0 Å². The van der Waals surface area contributed by atoms with Crippen LogP contribution < -0.4 is 26.6 Å². The average Bonchev–Trinajstić information content (AvgIpc) is 1.24. The smallest absolute Gasteiger partial charge is 0.333 e. The molecule has 0 bridgehead atoms. The van der Waals surface area contributed by atoms with E-state index in [1.165, 1.54) is 4.90 Å². The molecule has 1 aromatic rings. The number of nitrogens with one attached hydrogen (secondary N) is 5. The number of carbonyl (C=O) groups is 9. The number of carbonyl (C=O) groups excluding carboxylic acids is 9. The van der Waals surface area contributed by atoms with Crippen molar-refractivity contribution < 1.29 is 142 Å². The molecule has 4 aliphatic rings. The topological polar surface area (TPSA) is 537 Å². The first kappa shape index (κ1) is 86.5. The lowest BCUT2D eigenvalue weighted by Crippen LogP contribution is -2.59. The first-order valence-corrected chi connectivity index (χ1v) is 35.1. The molecule has 4 heterocycles. The fourth-order valence-corrected chi connectivity index (χ4v) is 11.6. The van der Waals surface area contributed by atoms with Crippen LogP contribution in [0.2, 0.25) is 0 Å². The molecule has 4 fully saturated rings. The van der Waals surface area contributed by atoms with E-state index >= 15 is 0 Å². The van der Waals surface area contributed by atoms with Gasteiger partial charge in [0.15, 0.2) is 18.9 Å². The fourth-order valence-electron chi connectivity index (χ4n) is 11.6. The van der Waals surface area contributed by atoms with Gasteiger partial charge in [0.05, 0.1) is 65.2 Å². The summed E-state index contributed by atoms with van der Waals surface area (Å²) < 4.78 is 38.0. The Morgan fingerprint density at radius 3 is 1.33 bits per heavy atom. The summed E-state index contributed by atoms with van der Waals surface area (Å²) in [5.41, 5.74) is 0.950. The van der Waals surface area contributed by atoms with E-state index in [0.717, 1.165) is 76.2 Å². The quantitative estimate of drug-likeness (QED) is 0.0165. The van der Waals surface area contributed by atoms with Crippen LogP contribution in [0.25, 0.3) is 0 Å². The number of esters is 1. The van der Waals surface area contributed by atoms with Gasteiger partial charge in [-0.25, -0.2) is 4.79 Å². The third-order valence-corrected chi connectivity index (χ3v) is 17.5. The Bertz CT molecular complexity index is 2620. The number of benzene rings is 1. The van der Waals surface area contributed by atoms with Crippen LogP contribution in [0.4, 0.5) is 0 Å². The van der Waals surface area contributed by atoms with Crippen LogP contribution in [0.1, 0.15) is 140 Å². The molecular formula is C66H107N7O29. The summed E-state index contributed by atoms with van der Waals surface area (Å²) in [4.78, 5) is 125. The van der Waals surface area contributed by atoms with Gasteiger partial charge in [0.1, 0.15) is 85.9 Å². The van der Waals surface area contributed by atoms with Crippen molar-refractivity contribution in [1.82, 2.24) is 36.5 Å². The highest BCUT2D eigenvalue weighted by atomic mass is 16.7. The molecule has 5 rings (SSSR count). The first-order chi connectivity index (χ1) is 49.0. The molecule has 0 saturated carbocycles. The maximum absolute atomic E-state index is 14.4. The van der Waals surface area contributed by atoms with Gasteiger partial charge in [-0.15, -0.1) is 5.06 Å². The summed E-state index contributed by atoms with van der Waals surface area (Å²) in [7, 11) is 0. The molecule has 102 heavy (non-hydrogen) atoms. The SMILES string of the molecule is O=C(CN(CC(=O)NCCO[C@H]1O[C@H](CO)[C@@H](O)[C@H](O)[C@@H]1O)[C@@H](CCCCNC(=O)[C@H](CCC(=O)ON1C(=O)CCC1=O)NC(=O)CCCCCCCCCCCCCCC(=O)OCc1ccccc1)C(=O)NCCO[C@H]1O[C@H](CO)[C@@H](O)[C@H](O)[C@@H]1O)NCCO[C@H]1O[C@H](CO)[C@@H](O)[C@H](O)[C@@H]1O. The summed E-state index contributed by atoms with van der Waals surface area (Å²) in [6.45, 7) is -5.60. The van der Waals surface area contributed by atoms with Gasteiger partial charge in [0.25, 0.3) is 11.8 Å². The van der Waals surface area contributed by atoms with E-state index in [4.69, 9.17) is 38.0 Å². The van der Waals surface area contributed by atoms with Crippen LogP contribution in [0.15, 0.2) is 30.3 Å². The van der Waals surface area contributed by atoms with Crippen molar-refractivity contribution in [3.63, 3.8) is 0 Å². The molecule has 1 aromatic carbocycles. The Kier molecular flexibility index (Phi) is 40.2. The molecule has 36 nitrogen and oxygen atoms in total. The Morgan fingerprint density at radius 2 is 0.882 bits per heavy atom. The van der Waals surface area contributed by atoms with Crippen molar-refractivity contribution in [2.75, 3.05) is 78.9 Å². The second kappa shape index (κ2) is 47.4. The zero-order valence-electron chi connectivity index (χ0n) is 57.4. The minimum absolute atomic E-state index is 0.0531. The largest absolute Gasteiger partial charge is 0.461 e. The summed E-state index contributed by atoms with van der Waals surface area (Å²) in [5, 5.41) is 135. The van der Waals surface area contributed by atoms with Gasteiger partial charge in [-0.3, -0.25) is 43.3 Å².